The molecular formula is C19H20F2N2O. The van der Waals surface area contributed by atoms with Gasteiger partial charge in [0.05, 0.1) is 0 Å². The summed E-state index contributed by atoms with van der Waals surface area (Å²) in [7, 11) is 0. The molecule has 1 heterocycles. The number of ether oxygens (including phenoxy) is 1. The summed E-state index contributed by atoms with van der Waals surface area (Å²) >= 11 is 0. The fourth-order valence-electron chi connectivity index (χ4n) is 2.82. The van der Waals surface area contributed by atoms with Crippen LogP contribution < -0.4 is 10.1 Å². The zero-order valence-corrected chi connectivity index (χ0v) is 13.4. The summed E-state index contributed by atoms with van der Waals surface area (Å²) in [6.07, 6.45) is 2.97. The number of aromatic nitrogens is 1. The molecule has 0 aliphatic carbocycles. The van der Waals surface area contributed by atoms with Crippen LogP contribution in [0, 0.1) is 0 Å². The molecule has 0 aliphatic heterocycles. The SMILES string of the molecule is CC(NCCc1c[nH]c2ccccc12)c1ccc(OC(F)F)cc1. The van der Waals surface area contributed by atoms with E-state index < -0.39 is 6.61 Å². The smallest absolute Gasteiger partial charge is 0.387 e. The molecule has 0 spiro atoms. The predicted molar refractivity (Wildman–Crippen MR) is 91.5 cm³/mol. The Bertz CT molecular complexity index is 783. The molecule has 3 aromatic rings. The summed E-state index contributed by atoms with van der Waals surface area (Å²) in [5.41, 5.74) is 3.47. The second kappa shape index (κ2) is 7.45. The maximum absolute atomic E-state index is 12.2. The second-order valence-electron chi connectivity index (χ2n) is 5.73. The summed E-state index contributed by atoms with van der Waals surface area (Å²) < 4.78 is 28.7. The number of hydrogen-bond acceptors (Lipinski definition) is 2. The van der Waals surface area contributed by atoms with Crippen LogP contribution >= 0.6 is 0 Å². The average Bonchev–Trinajstić information content (AvgIpc) is 2.98. The highest BCUT2D eigenvalue weighted by Crippen LogP contribution is 2.20. The Hall–Kier alpha value is -2.40. The standard InChI is InChI=1S/C19H20F2N2O/c1-13(14-6-8-16(9-7-14)24-19(20)21)22-11-10-15-12-23-18-5-3-2-4-17(15)18/h2-9,12-13,19,22-23H,10-11H2,1H3. The van der Waals surface area contributed by atoms with Crippen LogP contribution in [0.25, 0.3) is 10.9 Å². The van der Waals surface area contributed by atoms with Crippen LogP contribution in [0.5, 0.6) is 5.75 Å². The van der Waals surface area contributed by atoms with Crippen molar-refractivity contribution in [3.8, 4) is 5.75 Å². The van der Waals surface area contributed by atoms with Crippen molar-refractivity contribution < 1.29 is 13.5 Å². The lowest BCUT2D eigenvalue weighted by molar-refractivity contribution is -0.0498. The maximum atomic E-state index is 12.2. The van der Waals surface area contributed by atoms with Crippen molar-refractivity contribution in [1.82, 2.24) is 10.3 Å². The lowest BCUT2D eigenvalue weighted by atomic mass is 10.1. The average molecular weight is 330 g/mol. The summed E-state index contributed by atoms with van der Waals surface area (Å²) in [5, 5.41) is 4.71. The Balaban J connectivity index is 1.54. The summed E-state index contributed by atoms with van der Waals surface area (Å²) in [6.45, 7) is 0.0961. The first kappa shape index (κ1) is 16.5. The number of aromatic amines is 1. The van der Waals surface area contributed by atoms with Crippen molar-refractivity contribution in [3.05, 3.63) is 65.9 Å². The third-order valence-electron chi connectivity index (χ3n) is 4.13. The second-order valence-corrected chi connectivity index (χ2v) is 5.73. The van der Waals surface area contributed by atoms with Crippen LogP contribution in [0.2, 0.25) is 0 Å². The monoisotopic (exact) mass is 330 g/mol. The molecule has 24 heavy (non-hydrogen) atoms. The molecule has 3 nitrogen and oxygen atoms in total. The van der Waals surface area contributed by atoms with E-state index in [1.165, 1.54) is 10.9 Å². The minimum atomic E-state index is -2.79. The largest absolute Gasteiger partial charge is 0.435 e. The zero-order valence-electron chi connectivity index (χ0n) is 13.4. The van der Waals surface area contributed by atoms with E-state index in [0.29, 0.717) is 0 Å². The molecule has 0 saturated heterocycles. The topological polar surface area (TPSA) is 37.0 Å². The van der Waals surface area contributed by atoms with Gasteiger partial charge in [0, 0.05) is 23.1 Å². The molecule has 0 radical (unpaired) electrons. The molecule has 0 bridgehead atoms. The molecule has 2 N–H and O–H groups in total. The fraction of sp³-hybridized carbons (Fsp3) is 0.263. The van der Waals surface area contributed by atoms with Crippen LogP contribution in [-0.4, -0.2) is 18.1 Å². The zero-order chi connectivity index (χ0) is 16.9. The lowest BCUT2D eigenvalue weighted by Gasteiger charge is -2.15. The van der Waals surface area contributed by atoms with Gasteiger partial charge in [0.25, 0.3) is 0 Å². The number of H-pyrrole nitrogens is 1. The van der Waals surface area contributed by atoms with E-state index >= 15 is 0 Å². The van der Waals surface area contributed by atoms with Crippen molar-refractivity contribution >= 4 is 10.9 Å². The fourth-order valence-corrected chi connectivity index (χ4v) is 2.82. The lowest BCUT2D eigenvalue weighted by Crippen LogP contribution is -2.21. The van der Waals surface area contributed by atoms with Crippen molar-refractivity contribution in [2.45, 2.75) is 26.0 Å². The van der Waals surface area contributed by atoms with E-state index in [-0.39, 0.29) is 11.8 Å². The van der Waals surface area contributed by atoms with Crippen LogP contribution in [0.4, 0.5) is 8.78 Å². The number of alkyl halides is 2. The molecule has 1 unspecified atom stereocenters. The van der Waals surface area contributed by atoms with Gasteiger partial charge in [0.1, 0.15) is 5.75 Å². The van der Waals surface area contributed by atoms with Crippen molar-refractivity contribution in [3.63, 3.8) is 0 Å². The number of fused-ring (bicyclic) bond motifs is 1. The summed E-state index contributed by atoms with van der Waals surface area (Å²) in [6, 6.07) is 15.1. The van der Waals surface area contributed by atoms with Gasteiger partial charge < -0.3 is 15.0 Å². The molecule has 0 amide bonds. The Kier molecular flexibility index (Phi) is 5.11. The van der Waals surface area contributed by atoms with Crippen LogP contribution in [0.15, 0.2) is 54.7 Å². The summed E-state index contributed by atoms with van der Waals surface area (Å²) in [5.74, 6) is 0.180. The van der Waals surface area contributed by atoms with Crippen LogP contribution in [0.1, 0.15) is 24.1 Å². The van der Waals surface area contributed by atoms with E-state index in [4.69, 9.17) is 0 Å². The van der Waals surface area contributed by atoms with Gasteiger partial charge in [-0.15, -0.1) is 0 Å². The first-order valence-electron chi connectivity index (χ1n) is 7.96. The molecule has 126 valence electrons. The van der Waals surface area contributed by atoms with Gasteiger partial charge in [0.2, 0.25) is 0 Å². The highest BCUT2D eigenvalue weighted by atomic mass is 19.3. The molecule has 0 aliphatic rings. The van der Waals surface area contributed by atoms with Crippen LogP contribution in [0.3, 0.4) is 0 Å². The molecule has 2 aromatic carbocycles. The van der Waals surface area contributed by atoms with E-state index in [1.54, 1.807) is 24.3 Å². The first-order chi connectivity index (χ1) is 11.6. The van der Waals surface area contributed by atoms with Gasteiger partial charge in [-0.2, -0.15) is 8.78 Å². The summed E-state index contributed by atoms with van der Waals surface area (Å²) in [4.78, 5) is 3.28. The molecule has 1 atom stereocenters. The minimum Gasteiger partial charge on any atom is -0.435 e. The quantitative estimate of drug-likeness (QED) is 0.661. The van der Waals surface area contributed by atoms with Gasteiger partial charge >= 0.3 is 6.61 Å². The number of benzene rings is 2. The van der Waals surface area contributed by atoms with Gasteiger partial charge in [0.15, 0.2) is 0 Å². The molecule has 0 fully saturated rings. The molecular weight excluding hydrogens is 310 g/mol. The van der Waals surface area contributed by atoms with E-state index in [2.05, 4.69) is 34.1 Å². The van der Waals surface area contributed by atoms with E-state index in [1.807, 2.05) is 18.3 Å². The van der Waals surface area contributed by atoms with Gasteiger partial charge in [-0.1, -0.05) is 30.3 Å². The minimum absolute atomic E-state index is 0.135. The first-order valence-corrected chi connectivity index (χ1v) is 7.96. The Morgan fingerprint density at radius 3 is 2.58 bits per heavy atom. The number of hydrogen-bond donors (Lipinski definition) is 2. The highest BCUT2D eigenvalue weighted by molar-refractivity contribution is 5.83. The molecule has 3 rings (SSSR count). The van der Waals surface area contributed by atoms with Crippen molar-refractivity contribution in [2.75, 3.05) is 6.54 Å². The number of nitrogens with one attached hydrogen (secondary N) is 2. The van der Waals surface area contributed by atoms with Gasteiger partial charge in [-0.3, -0.25) is 0 Å². The van der Waals surface area contributed by atoms with Crippen molar-refractivity contribution in [2.24, 2.45) is 0 Å². The Morgan fingerprint density at radius 1 is 1.08 bits per heavy atom. The number of para-hydroxylation sites is 1. The number of halogens is 2. The van der Waals surface area contributed by atoms with Gasteiger partial charge in [-0.25, -0.2) is 0 Å². The van der Waals surface area contributed by atoms with E-state index in [9.17, 15) is 8.78 Å². The third-order valence-corrected chi connectivity index (χ3v) is 4.13. The molecule has 1 aromatic heterocycles. The van der Waals surface area contributed by atoms with Crippen LogP contribution in [-0.2, 0) is 6.42 Å². The van der Waals surface area contributed by atoms with Crippen molar-refractivity contribution in [1.29, 1.82) is 0 Å². The van der Waals surface area contributed by atoms with Gasteiger partial charge in [-0.05, 0) is 49.2 Å². The predicted octanol–water partition coefficient (Wildman–Crippen LogP) is 4.66. The normalized spacial score (nSPS) is 12.7. The molecule has 5 heteroatoms. The maximum Gasteiger partial charge on any atom is 0.387 e. The highest BCUT2D eigenvalue weighted by Gasteiger charge is 2.08. The third kappa shape index (κ3) is 3.92. The van der Waals surface area contributed by atoms with E-state index in [0.717, 1.165) is 24.0 Å². The Labute approximate surface area is 139 Å². The Morgan fingerprint density at radius 2 is 1.83 bits per heavy atom. The number of rotatable bonds is 7. The molecule has 0 saturated carbocycles.